The number of anilines is 1. The molecule has 27 heavy (non-hydrogen) atoms. The number of hydrogen-bond donors (Lipinski definition) is 0. The summed E-state index contributed by atoms with van der Waals surface area (Å²) < 4.78 is 0. The van der Waals surface area contributed by atoms with Gasteiger partial charge in [-0.1, -0.05) is 38.1 Å². The van der Waals surface area contributed by atoms with Gasteiger partial charge < -0.3 is 9.80 Å². The summed E-state index contributed by atoms with van der Waals surface area (Å²) in [5.41, 5.74) is 2.89. The Hall–Kier alpha value is -2.87. The van der Waals surface area contributed by atoms with Crippen LogP contribution in [0.5, 0.6) is 0 Å². The van der Waals surface area contributed by atoms with Crippen LogP contribution in [0.25, 0.3) is 0 Å². The van der Waals surface area contributed by atoms with Crippen molar-refractivity contribution in [1.82, 2.24) is 15.1 Å². The van der Waals surface area contributed by atoms with Crippen LogP contribution in [0.1, 0.15) is 43.5 Å². The highest BCUT2D eigenvalue weighted by Gasteiger charge is 2.27. The molecular weight excluding hydrogens is 336 g/mol. The van der Waals surface area contributed by atoms with Crippen LogP contribution in [0, 0.1) is 12.3 Å². The van der Waals surface area contributed by atoms with Crippen molar-refractivity contribution in [3.05, 3.63) is 53.2 Å². The molecule has 2 heterocycles. The van der Waals surface area contributed by atoms with Crippen LogP contribution in [0.2, 0.25) is 0 Å². The topological polar surface area (TPSA) is 49.3 Å². The van der Waals surface area contributed by atoms with E-state index in [2.05, 4.69) is 66.1 Å². The molecule has 1 atom stereocenters. The van der Waals surface area contributed by atoms with Gasteiger partial charge in [-0.3, -0.25) is 4.79 Å². The van der Waals surface area contributed by atoms with Crippen molar-refractivity contribution in [1.29, 1.82) is 0 Å². The third-order valence-corrected chi connectivity index (χ3v) is 5.07. The molecule has 5 heteroatoms. The lowest BCUT2D eigenvalue weighted by atomic mass is 10.0. The van der Waals surface area contributed by atoms with Gasteiger partial charge in [-0.15, -0.1) is 16.6 Å². The number of nitrogens with zero attached hydrogens (tertiary/aromatic N) is 4. The first-order valence-corrected chi connectivity index (χ1v) is 9.41. The summed E-state index contributed by atoms with van der Waals surface area (Å²) in [6.07, 6.45) is 5.78. The summed E-state index contributed by atoms with van der Waals surface area (Å²) in [6.45, 7) is 8.56. The van der Waals surface area contributed by atoms with Gasteiger partial charge in [0, 0.05) is 25.7 Å². The minimum atomic E-state index is 0.174. The fraction of sp³-hybridized carbons (Fsp3) is 0.409. The zero-order valence-electron chi connectivity index (χ0n) is 16.2. The number of terminal acetylenes is 1. The fourth-order valence-electron chi connectivity index (χ4n) is 3.39. The summed E-state index contributed by atoms with van der Waals surface area (Å²) in [5, 5.41) is 8.24. The molecule has 0 spiro atoms. The van der Waals surface area contributed by atoms with E-state index in [4.69, 9.17) is 6.42 Å². The molecule has 0 unspecified atom stereocenters. The summed E-state index contributed by atoms with van der Waals surface area (Å²) in [4.78, 5) is 16.8. The second-order valence-electron chi connectivity index (χ2n) is 7.38. The van der Waals surface area contributed by atoms with Crippen LogP contribution >= 0.6 is 0 Å². The Labute approximate surface area is 161 Å². The van der Waals surface area contributed by atoms with Crippen LogP contribution in [0.4, 0.5) is 5.82 Å². The SMILES string of the molecule is C#Cc1ccc(N2CCN(C(=O)Cc3ccc(C(C)C)cc3)C[C@H]2C)nn1. The molecule has 0 bridgehead atoms. The Morgan fingerprint density at radius 3 is 2.48 bits per heavy atom. The molecule has 1 aromatic heterocycles. The third-order valence-electron chi connectivity index (χ3n) is 5.07. The van der Waals surface area contributed by atoms with Crippen molar-refractivity contribution in [3.8, 4) is 12.3 Å². The molecule has 0 saturated carbocycles. The predicted molar refractivity (Wildman–Crippen MR) is 108 cm³/mol. The molecule has 1 fully saturated rings. The Bertz CT molecular complexity index is 821. The largest absolute Gasteiger partial charge is 0.349 e. The average Bonchev–Trinajstić information content (AvgIpc) is 2.68. The maximum Gasteiger partial charge on any atom is 0.227 e. The molecule has 1 saturated heterocycles. The number of benzene rings is 1. The number of piperazine rings is 1. The van der Waals surface area contributed by atoms with Gasteiger partial charge in [0.25, 0.3) is 0 Å². The van der Waals surface area contributed by atoms with Gasteiger partial charge in [0.2, 0.25) is 5.91 Å². The van der Waals surface area contributed by atoms with Gasteiger partial charge in [0.15, 0.2) is 5.82 Å². The van der Waals surface area contributed by atoms with Gasteiger partial charge >= 0.3 is 0 Å². The molecule has 0 radical (unpaired) electrons. The van der Waals surface area contributed by atoms with E-state index in [0.717, 1.165) is 17.9 Å². The van der Waals surface area contributed by atoms with Crippen LogP contribution < -0.4 is 4.90 Å². The van der Waals surface area contributed by atoms with Crippen LogP contribution in [-0.4, -0.2) is 46.7 Å². The van der Waals surface area contributed by atoms with E-state index < -0.39 is 0 Å². The molecule has 1 aliphatic heterocycles. The van der Waals surface area contributed by atoms with Crippen molar-refractivity contribution in [3.63, 3.8) is 0 Å². The van der Waals surface area contributed by atoms with Crippen molar-refractivity contribution in [2.45, 2.75) is 39.2 Å². The van der Waals surface area contributed by atoms with Gasteiger partial charge in [-0.05, 0) is 42.0 Å². The minimum Gasteiger partial charge on any atom is -0.349 e. The monoisotopic (exact) mass is 362 g/mol. The summed E-state index contributed by atoms with van der Waals surface area (Å²) in [7, 11) is 0. The van der Waals surface area contributed by atoms with Crippen molar-refractivity contribution in [2.24, 2.45) is 0 Å². The first-order chi connectivity index (χ1) is 13.0. The molecule has 1 aliphatic rings. The van der Waals surface area contributed by atoms with E-state index in [0.29, 0.717) is 31.1 Å². The van der Waals surface area contributed by atoms with E-state index in [9.17, 15) is 4.79 Å². The van der Waals surface area contributed by atoms with Crippen LogP contribution in [0.15, 0.2) is 36.4 Å². The molecule has 1 aromatic carbocycles. The van der Waals surface area contributed by atoms with Crippen molar-refractivity contribution in [2.75, 3.05) is 24.5 Å². The standard InChI is InChI=1S/C22H26N4O/c1-5-20-10-11-21(24-23-20)26-13-12-25(15-17(26)4)22(27)14-18-6-8-19(9-7-18)16(2)3/h1,6-11,16-17H,12-15H2,2-4H3/t17-/m1/s1. The summed E-state index contributed by atoms with van der Waals surface area (Å²) in [6, 6.07) is 12.2. The Balaban J connectivity index is 1.59. The third kappa shape index (κ3) is 4.46. The molecule has 0 N–H and O–H groups in total. The number of amides is 1. The van der Waals surface area contributed by atoms with E-state index in [-0.39, 0.29) is 11.9 Å². The molecule has 140 valence electrons. The minimum absolute atomic E-state index is 0.174. The molecule has 3 rings (SSSR count). The Morgan fingerprint density at radius 1 is 1.19 bits per heavy atom. The first kappa shape index (κ1) is 18.9. The van der Waals surface area contributed by atoms with E-state index in [1.165, 1.54) is 5.56 Å². The van der Waals surface area contributed by atoms with Crippen LogP contribution in [0.3, 0.4) is 0 Å². The van der Waals surface area contributed by atoms with Crippen molar-refractivity contribution < 1.29 is 4.79 Å². The second-order valence-corrected chi connectivity index (χ2v) is 7.38. The van der Waals surface area contributed by atoms with Gasteiger partial charge in [-0.2, -0.15) is 0 Å². The lowest BCUT2D eigenvalue weighted by Gasteiger charge is -2.40. The highest BCUT2D eigenvalue weighted by atomic mass is 16.2. The molecule has 2 aromatic rings. The van der Waals surface area contributed by atoms with E-state index in [1.54, 1.807) is 6.07 Å². The predicted octanol–water partition coefficient (Wildman–Crippen LogP) is 2.86. The lowest BCUT2D eigenvalue weighted by molar-refractivity contribution is -0.131. The highest BCUT2D eigenvalue weighted by molar-refractivity contribution is 5.79. The normalized spacial score (nSPS) is 17.1. The number of aromatic nitrogens is 2. The van der Waals surface area contributed by atoms with Gasteiger partial charge in [0.05, 0.1) is 6.42 Å². The van der Waals surface area contributed by atoms with Gasteiger partial charge in [0.1, 0.15) is 5.69 Å². The smallest absolute Gasteiger partial charge is 0.227 e. The summed E-state index contributed by atoms with van der Waals surface area (Å²) >= 11 is 0. The Morgan fingerprint density at radius 2 is 1.93 bits per heavy atom. The van der Waals surface area contributed by atoms with E-state index >= 15 is 0 Å². The molecular formula is C22H26N4O. The Kier molecular flexibility index (Phi) is 5.75. The maximum absolute atomic E-state index is 12.7. The van der Waals surface area contributed by atoms with E-state index in [1.807, 2.05) is 11.0 Å². The highest BCUT2D eigenvalue weighted by Crippen LogP contribution is 2.19. The first-order valence-electron chi connectivity index (χ1n) is 9.41. The fourth-order valence-corrected chi connectivity index (χ4v) is 3.39. The summed E-state index contributed by atoms with van der Waals surface area (Å²) in [5.74, 6) is 3.96. The average molecular weight is 362 g/mol. The zero-order valence-corrected chi connectivity index (χ0v) is 16.2. The molecule has 1 amide bonds. The number of carbonyl (C=O) groups is 1. The van der Waals surface area contributed by atoms with Crippen LogP contribution in [-0.2, 0) is 11.2 Å². The number of rotatable bonds is 4. The molecule has 5 nitrogen and oxygen atoms in total. The van der Waals surface area contributed by atoms with Gasteiger partial charge in [-0.25, -0.2) is 0 Å². The van der Waals surface area contributed by atoms with Crippen molar-refractivity contribution >= 4 is 11.7 Å². The number of carbonyl (C=O) groups excluding carboxylic acids is 1. The lowest BCUT2D eigenvalue weighted by Crippen LogP contribution is -2.54. The second kappa shape index (κ2) is 8.22. The maximum atomic E-state index is 12.7. The zero-order chi connectivity index (χ0) is 19.4. The quantitative estimate of drug-likeness (QED) is 0.785. The number of hydrogen-bond acceptors (Lipinski definition) is 4. The molecule has 0 aliphatic carbocycles.